The van der Waals surface area contributed by atoms with Gasteiger partial charge in [-0.25, -0.2) is 4.79 Å². The molecule has 3 aromatic rings. The Morgan fingerprint density at radius 3 is 2.74 bits per heavy atom. The first-order valence-electron chi connectivity index (χ1n) is 10.7. The number of nitrogens with one attached hydrogen (secondary N) is 2. The molecule has 1 atom stereocenters. The van der Waals surface area contributed by atoms with Crippen LogP contribution in [0.25, 0.3) is 0 Å². The molecule has 6 nitrogen and oxygen atoms in total. The predicted octanol–water partition coefficient (Wildman–Crippen LogP) is 4.58. The van der Waals surface area contributed by atoms with E-state index in [4.69, 9.17) is 0 Å². The van der Waals surface area contributed by atoms with Crippen molar-refractivity contribution in [3.8, 4) is 0 Å². The van der Waals surface area contributed by atoms with Crippen LogP contribution in [0.1, 0.15) is 33.8 Å². The lowest BCUT2D eigenvalue weighted by Gasteiger charge is -2.33. The van der Waals surface area contributed by atoms with Gasteiger partial charge in [0, 0.05) is 36.4 Å². The number of anilines is 1. The zero-order chi connectivity index (χ0) is 21.6. The highest BCUT2D eigenvalue weighted by atomic mass is 32.1. The molecule has 0 bridgehead atoms. The number of piperidine rings is 1. The van der Waals surface area contributed by atoms with Crippen molar-refractivity contribution in [1.82, 2.24) is 14.8 Å². The Morgan fingerprint density at radius 1 is 1.13 bits per heavy atom. The van der Waals surface area contributed by atoms with Crippen molar-refractivity contribution in [3.63, 3.8) is 0 Å². The van der Waals surface area contributed by atoms with Gasteiger partial charge in [-0.05, 0) is 61.4 Å². The van der Waals surface area contributed by atoms with Crippen molar-refractivity contribution in [1.29, 1.82) is 0 Å². The molecule has 4 rings (SSSR count). The number of aryl methyl sites for hydroxylation is 1. The summed E-state index contributed by atoms with van der Waals surface area (Å²) in [4.78, 5) is 28.6. The van der Waals surface area contributed by atoms with Gasteiger partial charge in [0.05, 0.1) is 6.54 Å². The highest BCUT2D eigenvalue weighted by molar-refractivity contribution is 7.09. The topological polar surface area (TPSA) is 66.4 Å². The lowest BCUT2D eigenvalue weighted by atomic mass is 9.97. The molecule has 0 saturated carbocycles. The summed E-state index contributed by atoms with van der Waals surface area (Å²) in [5, 5.41) is 7.87. The minimum absolute atomic E-state index is 0.0652. The minimum atomic E-state index is -0.211. The lowest BCUT2D eigenvalue weighted by molar-refractivity contribution is 0.0664. The number of rotatable bonds is 6. The molecule has 1 aliphatic rings. The largest absolute Gasteiger partial charge is 0.338 e. The van der Waals surface area contributed by atoms with Crippen molar-refractivity contribution in [2.45, 2.75) is 26.3 Å². The summed E-state index contributed by atoms with van der Waals surface area (Å²) < 4.78 is 2.02. The second-order valence-electron chi connectivity index (χ2n) is 8.06. The summed E-state index contributed by atoms with van der Waals surface area (Å²) in [6, 6.07) is 15.4. The summed E-state index contributed by atoms with van der Waals surface area (Å²) in [5.41, 5.74) is 2.65. The summed E-state index contributed by atoms with van der Waals surface area (Å²) in [5.74, 6) is 0.317. The molecular formula is C24H28N4O2S. The number of hydrogen-bond acceptors (Lipinski definition) is 3. The summed E-state index contributed by atoms with van der Waals surface area (Å²) in [7, 11) is 0. The first-order chi connectivity index (χ1) is 15.1. The van der Waals surface area contributed by atoms with E-state index in [0.29, 0.717) is 19.6 Å². The first kappa shape index (κ1) is 21.2. The number of urea groups is 1. The van der Waals surface area contributed by atoms with Gasteiger partial charge >= 0.3 is 6.03 Å². The molecule has 0 aliphatic carbocycles. The zero-order valence-electron chi connectivity index (χ0n) is 17.7. The number of aromatic nitrogens is 1. The fourth-order valence-electron chi connectivity index (χ4n) is 3.94. The predicted molar refractivity (Wildman–Crippen MR) is 125 cm³/mol. The van der Waals surface area contributed by atoms with Crippen LogP contribution in [-0.2, 0) is 6.54 Å². The number of carbonyl (C=O) groups is 2. The quantitative estimate of drug-likeness (QED) is 0.594. The second-order valence-corrected chi connectivity index (χ2v) is 9.09. The third-order valence-corrected chi connectivity index (χ3v) is 6.48. The SMILES string of the molecule is Cc1ccc(NC(=O)NCC2CCCN(C(=O)c3cccn3Cc3cccs3)C2)cc1. The third-order valence-electron chi connectivity index (χ3n) is 5.62. The van der Waals surface area contributed by atoms with E-state index < -0.39 is 0 Å². The molecule has 7 heteroatoms. The van der Waals surface area contributed by atoms with Gasteiger partial charge in [-0.3, -0.25) is 4.79 Å². The average Bonchev–Trinajstić information content (AvgIpc) is 3.46. The molecule has 1 aromatic carbocycles. The Balaban J connectivity index is 1.30. The number of amides is 3. The number of nitrogens with zero attached hydrogens (tertiary/aromatic N) is 2. The van der Waals surface area contributed by atoms with E-state index in [1.54, 1.807) is 11.3 Å². The monoisotopic (exact) mass is 436 g/mol. The van der Waals surface area contributed by atoms with Gasteiger partial charge in [-0.15, -0.1) is 11.3 Å². The molecule has 1 unspecified atom stereocenters. The van der Waals surface area contributed by atoms with Crippen LogP contribution in [-0.4, -0.2) is 41.0 Å². The van der Waals surface area contributed by atoms with Gasteiger partial charge in [0.2, 0.25) is 0 Å². The van der Waals surface area contributed by atoms with Crippen molar-refractivity contribution in [2.24, 2.45) is 5.92 Å². The molecule has 0 radical (unpaired) electrons. The molecule has 1 saturated heterocycles. The maximum Gasteiger partial charge on any atom is 0.319 e. The van der Waals surface area contributed by atoms with Gasteiger partial charge in [0.15, 0.2) is 0 Å². The lowest BCUT2D eigenvalue weighted by Crippen LogP contribution is -2.44. The van der Waals surface area contributed by atoms with E-state index in [9.17, 15) is 9.59 Å². The van der Waals surface area contributed by atoms with Crippen LogP contribution >= 0.6 is 11.3 Å². The number of carbonyl (C=O) groups excluding carboxylic acids is 2. The highest BCUT2D eigenvalue weighted by Gasteiger charge is 2.26. The fourth-order valence-corrected chi connectivity index (χ4v) is 4.65. The molecule has 31 heavy (non-hydrogen) atoms. The van der Waals surface area contributed by atoms with E-state index in [0.717, 1.165) is 36.3 Å². The van der Waals surface area contributed by atoms with Crippen LogP contribution in [0.2, 0.25) is 0 Å². The molecule has 162 valence electrons. The third kappa shape index (κ3) is 5.55. The Hall–Kier alpha value is -3.06. The highest BCUT2D eigenvalue weighted by Crippen LogP contribution is 2.20. The van der Waals surface area contributed by atoms with Gasteiger partial charge in [-0.1, -0.05) is 23.8 Å². The van der Waals surface area contributed by atoms with Crippen molar-refractivity contribution < 1.29 is 9.59 Å². The first-order valence-corrected chi connectivity index (χ1v) is 11.5. The average molecular weight is 437 g/mol. The molecule has 3 amide bonds. The number of likely N-dealkylation sites (tertiary alicyclic amines) is 1. The molecule has 0 spiro atoms. The standard InChI is InChI=1S/C24H28N4O2S/c1-18-8-10-20(11-9-18)26-24(30)25-15-19-5-2-13-28(16-19)23(29)22-7-3-12-27(22)17-21-6-4-14-31-21/h3-4,6-12,14,19H,2,5,13,15-17H2,1H3,(H2,25,26,30). The molecule has 1 fully saturated rings. The minimum Gasteiger partial charge on any atom is -0.338 e. The van der Waals surface area contributed by atoms with E-state index >= 15 is 0 Å². The smallest absolute Gasteiger partial charge is 0.319 e. The van der Waals surface area contributed by atoms with Crippen molar-refractivity contribution in [2.75, 3.05) is 25.0 Å². The van der Waals surface area contributed by atoms with Gasteiger partial charge in [-0.2, -0.15) is 0 Å². The molecular weight excluding hydrogens is 408 g/mol. The summed E-state index contributed by atoms with van der Waals surface area (Å²) in [6.45, 7) is 4.70. The van der Waals surface area contributed by atoms with Crippen LogP contribution in [0, 0.1) is 12.8 Å². The van der Waals surface area contributed by atoms with Crippen LogP contribution in [0.15, 0.2) is 60.1 Å². The zero-order valence-corrected chi connectivity index (χ0v) is 18.5. The van der Waals surface area contributed by atoms with E-state index in [1.807, 2.05) is 65.1 Å². The second kappa shape index (κ2) is 9.83. The number of thiophene rings is 1. The van der Waals surface area contributed by atoms with Gasteiger partial charge in [0.1, 0.15) is 5.69 Å². The molecule has 3 heterocycles. The Morgan fingerprint density at radius 2 is 1.97 bits per heavy atom. The number of hydrogen-bond donors (Lipinski definition) is 2. The van der Waals surface area contributed by atoms with Crippen molar-refractivity contribution >= 4 is 29.0 Å². The van der Waals surface area contributed by atoms with Crippen LogP contribution in [0.3, 0.4) is 0 Å². The summed E-state index contributed by atoms with van der Waals surface area (Å²) >= 11 is 1.70. The summed E-state index contributed by atoms with van der Waals surface area (Å²) in [6.07, 6.45) is 3.92. The maximum absolute atomic E-state index is 13.2. The van der Waals surface area contributed by atoms with E-state index in [-0.39, 0.29) is 17.9 Å². The van der Waals surface area contributed by atoms with Crippen LogP contribution in [0.4, 0.5) is 10.5 Å². The van der Waals surface area contributed by atoms with Crippen LogP contribution < -0.4 is 10.6 Å². The molecule has 2 N–H and O–H groups in total. The Labute approximate surface area is 186 Å². The Bertz CT molecular complexity index is 1010. The van der Waals surface area contributed by atoms with Gasteiger partial charge in [0.25, 0.3) is 5.91 Å². The van der Waals surface area contributed by atoms with Crippen LogP contribution in [0.5, 0.6) is 0 Å². The van der Waals surface area contributed by atoms with Gasteiger partial charge < -0.3 is 20.1 Å². The van der Waals surface area contributed by atoms with E-state index in [1.165, 1.54) is 4.88 Å². The molecule has 1 aliphatic heterocycles. The normalized spacial score (nSPS) is 16.2. The van der Waals surface area contributed by atoms with E-state index in [2.05, 4.69) is 22.1 Å². The maximum atomic E-state index is 13.2. The Kier molecular flexibility index (Phi) is 6.72. The fraction of sp³-hybridized carbons (Fsp3) is 0.333. The van der Waals surface area contributed by atoms with Crippen molar-refractivity contribution in [3.05, 3.63) is 76.2 Å². The number of benzene rings is 1. The molecule has 2 aromatic heterocycles.